The molecule has 0 spiro atoms. The van der Waals surface area contributed by atoms with Gasteiger partial charge in [-0.2, -0.15) is 0 Å². The van der Waals surface area contributed by atoms with E-state index in [4.69, 9.17) is 21.7 Å². The van der Waals surface area contributed by atoms with Gasteiger partial charge in [0.05, 0.1) is 23.5 Å². The topological polar surface area (TPSA) is 86.9 Å². The molecule has 0 bridgehead atoms. The van der Waals surface area contributed by atoms with Gasteiger partial charge in [0.2, 0.25) is 5.91 Å². The number of nitrogens with zero attached hydrogens (tertiary/aromatic N) is 3. The van der Waals surface area contributed by atoms with Gasteiger partial charge in [-0.1, -0.05) is 37.6 Å². The molecule has 2 N–H and O–H groups in total. The molecule has 31 heavy (non-hydrogen) atoms. The van der Waals surface area contributed by atoms with Crippen LogP contribution >= 0.6 is 11.6 Å². The molecule has 2 aromatic heterocycles. The van der Waals surface area contributed by atoms with Gasteiger partial charge in [0, 0.05) is 29.9 Å². The van der Waals surface area contributed by atoms with Gasteiger partial charge >= 0.3 is 5.97 Å². The van der Waals surface area contributed by atoms with Crippen LogP contribution in [0.3, 0.4) is 0 Å². The Kier molecular flexibility index (Phi) is 7.52. The highest BCUT2D eigenvalue weighted by Crippen LogP contribution is 2.29. The van der Waals surface area contributed by atoms with Gasteiger partial charge in [0.15, 0.2) is 5.65 Å². The zero-order chi connectivity index (χ0) is 22.4. The molecule has 0 aliphatic carbocycles. The molecule has 0 radical (unpaired) electrons. The fraction of sp³-hybridized carbons (Fsp3) is 0.348. The fourth-order valence-electron chi connectivity index (χ4n) is 3.59. The number of hydrogen-bond donors (Lipinski definition) is 2. The zero-order valence-corrected chi connectivity index (χ0v) is 18.5. The Labute approximate surface area is 186 Å². The summed E-state index contributed by atoms with van der Waals surface area (Å²) in [4.78, 5) is 30.8. The summed E-state index contributed by atoms with van der Waals surface area (Å²) >= 11 is 6.06. The third-order valence-corrected chi connectivity index (χ3v) is 5.21. The molecule has 3 aromatic rings. The summed E-state index contributed by atoms with van der Waals surface area (Å²) in [6.45, 7) is 5.32. The molecule has 0 aliphatic rings. The molecular formula is C23H27ClN4O3. The van der Waals surface area contributed by atoms with E-state index in [9.17, 15) is 9.59 Å². The first-order valence-electron chi connectivity index (χ1n) is 10.4. The number of rotatable bonds is 10. The number of carboxylic acid groups (broad SMARTS) is 1. The molecule has 1 amide bonds. The molecule has 2 heterocycles. The summed E-state index contributed by atoms with van der Waals surface area (Å²) in [7, 11) is 0. The number of halogens is 1. The lowest BCUT2D eigenvalue weighted by atomic mass is 10.1. The molecule has 3 rings (SSSR count). The standard InChI is InChI=1S/C23H27ClN4O3/c1-3-11-27(12-4-2)20(29)14-19-22(16-7-9-17(24)10-8-16)26-23-18(25-15-21(30)31)6-5-13-28(19)23/h5-10,13,25H,3-4,11-12,14-15H2,1-2H3,(H,30,31). The van der Waals surface area contributed by atoms with E-state index in [2.05, 4.69) is 19.2 Å². The van der Waals surface area contributed by atoms with Gasteiger partial charge in [0.1, 0.15) is 6.54 Å². The second-order valence-electron chi connectivity index (χ2n) is 7.33. The number of hydrogen-bond acceptors (Lipinski definition) is 4. The highest BCUT2D eigenvalue weighted by atomic mass is 35.5. The Morgan fingerprint density at radius 2 is 1.81 bits per heavy atom. The van der Waals surface area contributed by atoms with Gasteiger partial charge in [-0.25, -0.2) is 4.98 Å². The molecular weight excluding hydrogens is 416 g/mol. The lowest BCUT2D eigenvalue weighted by Gasteiger charge is -2.21. The Hall–Kier alpha value is -3.06. The maximum atomic E-state index is 13.1. The minimum absolute atomic E-state index is 0.0459. The quantitative estimate of drug-likeness (QED) is 0.487. The van der Waals surface area contributed by atoms with Crippen LogP contribution in [0.1, 0.15) is 32.4 Å². The van der Waals surface area contributed by atoms with Crippen LogP contribution in [0.15, 0.2) is 42.6 Å². The Balaban J connectivity index is 2.09. The summed E-state index contributed by atoms with van der Waals surface area (Å²) in [5.74, 6) is -0.915. The van der Waals surface area contributed by atoms with E-state index in [0.29, 0.717) is 35.1 Å². The first-order chi connectivity index (χ1) is 14.9. The number of benzene rings is 1. The summed E-state index contributed by atoms with van der Waals surface area (Å²) in [6, 6.07) is 10.9. The summed E-state index contributed by atoms with van der Waals surface area (Å²) < 4.78 is 1.86. The molecule has 0 fully saturated rings. The lowest BCUT2D eigenvalue weighted by Crippen LogP contribution is -2.34. The predicted octanol–water partition coefficient (Wildman–Crippen LogP) is 4.34. The molecule has 0 atom stereocenters. The van der Waals surface area contributed by atoms with Crippen molar-refractivity contribution < 1.29 is 14.7 Å². The van der Waals surface area contributed by atoms with Gasteiger partial charge in [-0.05, 0) is 37.1 Å². The third-order valence-electron chi connectivity index (χ3n) is 4.96. The van der Waals surface area contributed by atoms with Crippen molar-refractivity contribution in [2.45, 2.75) is 33.1 Å². The number of pyridine rings is 1. The number of carboxylic acids is 1. The Bertz CT molecular complexity index is 1060. The smallest absolute Gasteiger partial charge is 0.322 e. The maximum Gasteiger partial charge on any atom is 0.322 e. The molecule has 1 aromatic carbocycles. The van der Waals surface area contributed by atoms with Crippen molar-refractivity contribution in [1.82, 2.24) is 14.3 Å². The third kappa shape index (κ3) is 5.35. The van der Waals surface area contributed by atoms with Crippen molar-refractivity contribution in [3.8, 4) is 11.3 Å². The van der Waals surface area contributed by atoms with Gasteiger partial charge < -0.3 is 19.7 Å². The van der Waals surface area contributed by atoms with E-state index in [-0.39, 0.29) is 18.9 Å². The average Bonchev–Trinajstić information content (AvgIpc) is 3.11. The molecule has 0 unspecified atom stereocenters. The van der Waals surface area contributed by atoms with E-state index >= 15 is 0 Å². The number of nitrogens with one attached hydrogen (secondary N) is 1. The minimum Gasteiger partial charge on any atom is -0.480 e. The minimum atomic E-state index is -0.961. The Morgan fingerprint density at radius 3 is 2.42 bits per heavy atom. The van der Waals surface area contributed by atoms with Crippen LogP contribution < -0.4 is 5.32 Å². The van der Waals surface area contributed by atoms with Gasteiger partial charge in [-0.3, -0.25) is 9.59 Å². The number of aromatic nitrogens is 2. The highest BCUT2D eigenvalue weighted by Gasteiger charge is 2.21. The Morgan fingerprint density at radius 1 is 1.13 bits per heavy atom. The number of carbonyl (C=O) groups excluding carboxylic acids is 1. The molecule has 164 valence electrons. The maximum absolute atomic E-state index is 13.1. The SMILES string of the molecule is CCCN(CCC)C(=O)Cc1c(-c2ccc(Cl)cc2)nc2c(NCC(=O)O)cccn12. The number of fused-ring (bicyclic) bond motifs is 1. The first-order valence-corrected chi connectivity index (χ1v) is 10.8. The summed E-state index contributed by atoms with van der Waals surface area (Å²) in [5.41, 5.74) is 3.46. The van der Waals surface area contributed by atoms with Crippen LogP contribution in [0, 0.1) is 0 Å². The summed E-state index contributed by atoms with van der Waals surface area (Å²) in [5, 5.41) is 12.6. The first kappa shape index (κ1) is 22.6. The van der Waals surface area contributed by atoms with E-state index in [1.807, 2.05) is 33.7 Å². The highest BCUT2D eigenvalue weighted by molar-refractivity contribution is 6.30. The fourth-order valence-corrected chi connectivity index (χ4v) is 3.72. The van der Waals surface area contributed by atoms with E-state index in [0.717, 1.165) is 24.1 Å². The number of imidazole rings is 1. The number of aliphatic carboxylic acids is 1. The molecule has 7 nitrogen and oxygen atoms in total. The van der Waals surface area contributed by atoms with Crippen molar-refractivity contribution in [1.29, 1.82) is 0 Å². The largest absolute Gasteiger partial charge is 0.480 e. The van der Waals surface area contributed by atoms with Crippen molar-refractivity contribution in [3.05, 3.63) is 53.3 Å². The second-order valence-corrected chi connectivity index (χ2v) is 7.77. The predicted molar refractivity (Wildman–Crippen MR) is 123 cm³/mol. The van der Waals surface area contributed by atoms with Crippen molar-refractivity contribution in [2.75, 3.05) is 25.0 Å². The second kappa shape index (κ2) is 10.3. The van der Waals surface area contributed by atoms with E-state index in [1.165, 1.54) is 0 Å². The lowest BCUT2D eigenvalue weighted by molar-refractivity contribution is -0.135. The molecule has 0 saturated heterocycles. The molecule has 0 saturated carbocycles. The van der Waals surface area contributed by atoms with Crippen LogP contribution in [0.5, 0.6) is 0 Å². The van der Waals surface area contributed by atoms with Crippen molar-refractivity contribution in [2.24, 2.45) is 0 Å². The van der Waals surface area contributed by atoms with Crippen LogP contribution in [0.4, 0.5) is 5.69 Å². The zero-order valence-electron chi connectivity index (χ0n) is 17.8. The average molecular weight is 443 g/mol. The van der Waals surface area contributed by atoms with Gasteiger partial charge in [0.25, 0.3) is 0 Å². The monoisotopic (exact) mass is 442 g/mol. The number of anilines is 1. The van der Waals surface area contributed by atoms with Crippen molar-refractivity contribution in [3.63, 3.8) is 0 Å². The number of amides is 1. The van der Waals surface area contributed by atoms with Crippen LogP contribution in [-0.2, 0) is 16.0 Å². The van der Waals surface area contributed by atoms with Crippen molar-refractivity contribution >= 4 is 34.8 Å². The van der Waals surface area contributed by atoms with Crippen LogP contribution in [0.25, 0.3) is 16.9 Å². The van der Waals surface area contributed by atoms with Gasteiger partial charge in [-0.15, -0.1) is 0 Å². The normalized spacial score (nSPS) is 10.9. The molecule has 8 heteroatoms. The van der Waals surface area contributed by atoms with Crippen LogP contribution in [-0.4, -0.2) is 50.9 Å². The summed E-state index contributed by atoms with van der Waals surface area (Å²) in [6.07, 6.45) is 3.83. The molecule has 0 aliphatic heterocycles. The van der Waals surface area contributed by atoms with E-state index < -0.39 is 5.97 Å². The van der Waals surface area contributed by atoms with E-state index in [1.54, 1.807) is 18.2 Å². The number of carbonyl (C=O) groups is 2. The van der Waals surface area contributed by atoms with Crippen LogP contribution in [0.2, 0.25) is 5.02 Å².